The van der Waals surface area contributed by atoms with E-state index in [9.17, 15) is 19.2 Å². The molecule has 0 aromatic heterocycles. The predicted octanol–water partition coefficient (Wildman–Crippen LogP) is -0.454. The molecule has 0 radical (unpaired) electrons. The Morgan fingerprint density at radius 1 is 0.950 bits per heavy atom. The van der Waals surface area contributed by atoms with Gasteiger partial charge in [0.25, 0.3) is 0 Å². The van der Waals surface area contributed by atoms with Crippen LogP contribution < -0.4 is 10.6 Å². The molecule has 0 saturated heterocycles. The highest BCUT2D eigenvalue weighted by atomic mass is 33.1. The summed E-state index contributed by atoms with van der Waals surface area (Å²) in [5.41, 5.74) is 0. The molecule has 0 aliphatic rings. The lowest BCUT2D eigenvalue weighted by Gasteiger charge is -2.13. The third-order valence-corrected chi connectivity index (χ3v) is 3.96. The molecule has 0 bridgehead atoms. The number of aliphatic carboxylic acids is 2. The highest BCUT2D eigenvalue weighted by Gasteiger charge is 2.19. The van der Waals surface area contributed by atoms with Crippen LogP contribution in [0.5, 0.6) is 0 Å². The molecule has 8 nitrogen and oxygen atoms in total. The number of carboxylic acid groups (broad SMARTS) is 2. The fourth-order valence-corrected chi connectivity index (χ4v) is 2.46. The Kier molecular flexibility index (Phi) is 4.89. The first-order valence-corrected chi connectivity index (χ1v) is 7.25. The van der Waals surface area contributed by atoms with Gasteiger partial charge in [-0.1, -0.05) is 21.6 Å². The second-order valence-electron chi connectivity index (χ2n) is 3.18. The van der Waals surface area contributed by atoms with Gasteiger partial charge in [-0.15, -0.1) is 0 Å². The number of carbonyl (C=O) groups excluding carboxylic acids is 2. The monoisotopic (exact) mass is 330 g/mol. The topological polar surface area (TPSA) is 133 Å². The van der Waals surface area contributed by atoms with Crippen molar-refractivity contribution in [3.8, 4) is 0 Å². The number of hydrogen-bond donors (Lipinski definition) is 4. The highest BCUT2D eigenvalue weighted by molar-refractivity contribution is 8.77. The Bertz CT molecular complexity index is 507. The molecule has 0 spiro atoms. The van der Waals surface area contributed by atoms with Gasteiger partial charge in [-0.25, -0.2) is 0 Å². The van der Waals surface area contributed by atoms with Gasteiger partial charge < -0.3 is 20.8 Å². The van der Waals surface area contributed by atoms with Crippen LogP contribution in [0.3, 0.4) is 0 Å². The zero-order valence-electron chi connectivity index (χ0n) is 15.9. The third kappa shape index (κ3) is 8.64. The molecule has 2 unspecified atom stereocenters. The van der Waals surface area contributed by atoms with Gasteiger partial charge in [-0.2, -0.15) is 0 Å². The zero-order valence-corrected chi connectivity index (χ0v) is 11.5. The van der Waals surface area contributed by atoms with Crippen LogP contribution >= 0.6 is 21.6 Å². The Labute approximate surface area is 131 Å². The molecule has 2 amide bonds. The fourth-order valence-electron chi connectivity index (χ4n) is 0.709. The van der Waals surface area contributed by atoms with Crippen LogP contribution in [0, 0.1) is 0 Å². The van der Waals surface area contributed by atoms with E-state index in [1.54, 1.807) is 0 Å². The van der Waals surface area contributed by atoms with Crippen LogP contribution in [0.25, 0.3) is 0 Å². The summed E-state index contributed by atoms with van der Waals surface area (Å²) in [5, 5.41) is 17.1. The van der Waals surface area contributed by atoms with Crippen molar-refractivity contribution in [2.75, 3.05) is 13.1 Å². The minimum Gasteiger partial charge on any atom is -0.480 e. The van der Waals surface area contributed by atoms with Crippen LogP contribution in [0.1, 0.15) is 21.9 Å². The molecule has 4 N–H and O–H groups in total. The average molecular weight is 330 g/mol. The molecule has 0 rings (SSSR count). The molecule has 0 heterocycles. The number of nitrogens with one attached hydrogen (secondary N) is 2. The summed E-state index contributed by atoms with van der Waals surface area (Å²) in [5.74, 6) is -5.15. The summed E-state index contributed by atoms with van der Waals surface area (Å²) >= 11 is 0. The van der Waals surface area contributed by atoms with E-state index < -0.39 is 61.0 Å². The summed E-state index contributed by atoms with van der Waals surface area (Å²) in [6.45, 7) is -7.48. The van der Waals surface area contributed by atoms with Crippen LogP contribution in [-0.2, 0) is 19.2 Å². The molecule has 0 saturated carbocycles. The van der Waals surface area contributed by atoms with Crippen molar-refractivity contribution >= 4 is 45.3 Å². The lowest BCUT2D eigenvalue weighted by molar-refractivity contribution is -0.138. The standard InChI is InChI=1S/C10H16N2O6S2/c1-5(9(17)11-3-7(13)14)19-20-6(2)10(18)12-4-8(15)16/h5-6H,3-4H2,1-2H3,(H,11,17)(H,12,18)(H,13,14)(H,15,16)/i1D3,2D3. The maximum Gasteiger partial charge on any atom is 0.322 e. The van der Waals surface area contributed by atoms with Crippen LogP contribution in [0.2, 0.25) is 0 Å². The molecule has 0 aromatic rings. The van der Waals surface area contributed by atoms with E-state index in [-0.39, 0.29) is 21.6 Å². The quantitative estimate of drug-likeness (QED) is 0.418. The zero-order chi connectivity index (χ0) is 20.7. The average Bonchev–Trinajstić information content (AvgIpc) is 2.44. The molecule has 0 aliphatic carbocycles. The van der Waals surface area contributed by atoms with Crippen molar-refractivity contribution in [3.05, 3.63) is 0 Å². The summed E-state index contributed by atoms with van der Waals surface area (Å²) in [7, 11) is 0.533. The van der Waals surface area contributed by atoms with Gasteiger partial charge in [0.1, 0.15) is 13.1 Å². The first-order valence-electron chi connectivity index (χ1n) is 7.97. The molecule has 10 heteroatoms. The van der Waals surface area contributed by atoms with E-state index in [4.69, 9.17) is 18.4 Å². The van der Waals surface area contributed by atoms with Gasteiger partial charge in [0.05, 0.1) is 10.5 Å². The summed E-state index contributed by atoms with van der Waals surface area (Å²) in [6, 6.07) is 0. The fraction of sp³-hybridized carbons (Fsp3) is 0.600. The van der Waals surface area contributed by atoms with Crippen molar-refractivity contribution in [2.24, 2.45) is 0 Å². The second kappa shape index (κ2) is 9.48. The summed E-state index contributed by atoms with van der Waals surface area (Å²) in [6.07, 6.45) is 0. The van der Waals surface area contributed by atoms with E-state index in [0.717, 1.165) is 0 Å². The van der Waals surface area contributed by atoms with Gasteiger partial charge in [-0.3, -0.25) is 19.2 Å². The Morgan fingerprint density at radius 2 is 1.30 bits per heavy atom. The first-order chi connectivity index (χ1) is 11.7. The number of hydrogen-bond acceptors (Lipinski definition) is 6. The predicted molar refractivity (Wildman–Crippen MR) is 75.4 cm³/mol. The van der Waals surface area contributed by atoms with Crippen molar-refractivity contribution in [3.63, 3.8) is 0 Å². The lowest BCUT2D eigenvalue weighted by Crippen LogP contribution is -2.36. The number of rotatable bonds is 9. The summed E-state index contributed by atoms with van der Waals surface area (Å²) < 4.78 is 43.9. The van der Waals surface area contributed by atoms with Crippen LogP contribution in [0.4, 0.5) is 0 Å². The smallest absolute Gasteiger partial charge is 0.322 e. The van der Waals surface area contributed by atoms with Crippen molar-refractivity contribution < 1.29 is 37.6 Å². The third-order valence-electron chi connectivity index (χ3n) is 1.55. The number of carbonyl (C=O) groups is 4. The number of amides is 2. The van der Waals surface area contributed by atoms with Crippen molar-refractivity contribution in [2.45, 2.75) is 24.2 Å². The van der Waals surface area contributed by atoms with Crippen molar-refractivity contribution in [1.29, 1.82) is 0 Å². The van der Waals surface area contributed by atoms with Gasteiger partial charge in [-0.05, 0) is 13.7 Å². The van der Waals surface area contributed by atoms with Crippen LogP contribution in [0.15, 0.2) is 0 Å². The minimum absolute atomic E-state index is 0.267. The van der Waals surface area contributed by atoms with Crippen LogP contribution in [-0.4, -0.2) is 57.6 Å². The maximum atomic E-state index is 11.9. The Morgan fingerprint density at radius 3 is 1.55 bits per heavy atom. The van der Waals surface area contributed by atoms with Gasteiger partial charge in [0.15, 0.2) is 0 Å². The second-order valence-corrected chi connectivity index (χ2v) is 5.66. The molecule has 20 heavy (non-hydrogen) atoms. The molecule has 114 valence electrons. The molecular weight excluding hydrogens is 308 g/mol. The highest BCUT2D eigenvalue weighted by Crippen LogP contribution is 2.31. The van der Waals surface area contributed by atoms with E-state index in [1.807, 2.05) is 10.6 Å². The SMILES string of the molecule is [2H]C([2H])([2H])C(SSC(C(=O)NCC(=O)O)C([2H])([2H])[2H])C(=O)NCC(=O)O. The minimum atomic E-state index is -2.91. The van der Waals surface area contributed by atoms with Gasteiger partial charge >= 0.3 is 11.9 Å². The Hall–Kier alpha value is -1.42. The van der Waals surface area contributed by atoms with E-state index >= 15 is 0 Å². The lowest BCUT2D eigenvalue weighted by atomic mass is 10.4. The normalized spacial score (nSPS) is 18.8. The molecule has 0 aromatic carbocycles. The van der Waals surface area contributed by atoms with Gasteiger partial charge in [0, 0.05) is 8.22 Å². The molecule has 0 aliphatic heterocycles. The first kappa shape index (κ1) is 10.3. The van der Waals surface area contributed by atoms with E-state index in [2.05, 4.69) is 0 Å². The maximum absolute atomic E-state index is 11.9. The largest absolute Gasteiger partial charge is 0.480 e. The van der Waals surface area contributed by atoms with Crippen molar-refractivity contribution in [1.82, 2.24) is 10.6 Å². The summed E-state index contributed by atoms with van der Waals surface area (Å²) in [4.78, 5) is 44.6. The Balaban J connectivity index is 5.16. The molecule has 0 fully saturated rings. The number of carboxylic acids is 2. The van der Waals surface area contributed by atoms with E-state index in [0.29, 0.717) is 0 Å². The molecular formula is C10H16N2O6S2. The molecule has 2 atom stereocenters. The van der Waals surface area contributed by atoms with Gasteiger partial charge in [0.2, 0.25) is 11.8 Å². The van der Waals surface area contributed by atoms with E-state index in [1.165, 1.54) is 0 Å².